The molecule has 0 aliphatic rings. The van der Waals surface area contributed by atoms with Crippen molar-refractivity contribution in [2.24, 2.45) is 0 Å². The quantitative estimate of drug-likeness (QED) is 0.805. The molecule has 3 nitrogen and oxygen atoms in total. The van der Waals surface area contributed by atoms with E-state index in [1.54, 1.807) is 18.2 Å². The molecule has 0 saturated heterocycles. The van der Waals surface area contributed by atoms with Gasteiger partial charge in [-0.1, -0.05) is 35.8 Å². The average molecular weight is 231 g/mol. The number of rotatable bonds is 2. The second-order valence-electron chi connectivity index (χ2n) is 2.40. The summed E-state index contributed by atoms with van der Waals surface area (Å²) in [6.45, 7) is 3.35. The van der Waals surface area contributed by atoms with E-state index in [9.17, 15) is 4.79 Å². The Labute approximate surface area is 91.7 Å². The van der Waals surface area contributed by atoms with E-state index in [4.69, 9.17) is 23.2 Å². The van der Waals surface area contributed by atoms with E-state index < -0.39 is 6.03 Å². The maximum atomic E-state index is 11.1. The highest BCUT2D eigenvalue weighted by Crippen LogP contribution is 2.29. The third-order valence-electron chi connectivity index (χ3n) is 1.43. The van der Waals surface area contributed by atoms with Gasteiger partial charge in [0.2, 0.25) is 0 Å². The van der Waals surface area contributed by atoms with Gasteiger partial charge in [-0.05, 0) is 18.3 Å². The van der Waals surface area contributed by atoms with Crippen molar-refractivity contribution in [3.8, 4) is 0 Å². The fourth-order valence-corrected chi connectivity index (χ4v) is 1.20. The molecule has 0 heterocycles. The van der Waals surface area contributed by atoms with Crippen molar-refractivity contribution >= 4 is 34.9 Å². The molecule has 0 fully saturated rings. The Hall–Kier alpha value is -1.19. The Kier molecular flexibility index (Phi) is 3.80. The summed E-state index contributed by atoms with van der Waals surface area (Å²) in [5.41, 5.74) is 0.457. The Balaban J connectivity index is 2.81. The van der Waals surface area contributed by atoms with Gasteiger partial charge in [0.15, 0.2) is 0 Å². The van der Waals surface area contributed by atoms with Gasteiger partial charge < -0.3 is 10.6 Å². The van der Waals surface area contributed by atoms with E-state index in [0.29, 0.717) is 15.7 Å². The van der Waals surface area contributed by atoms with Gasteiger partial charge in [0.1, 0.15) is 0 Å². The van der Waals surface area contributed by atoms with Gasteiger partial charge in [0, 0.05) is 0 Å². The lowest BCUT2D eigenvalue weighted by Gasteiger charge is -2.06. The predicted octanol–water partition coefficient (Wildman–Crippen LogP) is 3.26. The maximum Gasteiger partial charge on any atom is 0.323 e. The van der Waals surface area contributed by atoms with E-state index in [-0.39, 0.29) is 0 Å². The number of carbonyl (C=O) groups excluding carboxylic acids is 1. The van der Waals surface area contributed by atoms with Crippen LogP contribution in [-0.2, 0) is 0 Å². The summed E-state index contributed by atoms with van der Waals surface area (Å²) in [4.78, 5) is 11.1. The first-order chi connectivity index (χ1) is 6.65. The Morgan fingerprint density at radius 2 is 2.14 bits per heavy atom. The monoisotopic (exact) mass is 230 g/mol. The minimum atomic E-state index is -0.413. The fourth-order valence-electron chi connectivity index (χ4n) is 0.851. The van der Waals surface area contributed by atoms with Crippen molar-refractivity contribution in [3.05, 3.63) is 41.0 Å². The molecule has 0 aromatic heterocycles. The molecule has 0 unspecified atom stereocenters. The first kappa shape index (κ1) is 10.9. The van der Waals surface area contributed by atoms with Crippen LogP contribution in [0.3, 0.4) is 0 Å². The third kappa shape index (κ3) is 2.65. The molecule has 0 saturated carbocycles. The number of benzene rings is 1. The fraction of sp³-hybridized carbons (Fsp3) is 0. The highest BCUT2D eigenvalue weighted by molar-refractivity contribution is 6.43. The SMILES string of the molecule is C=CNC(=O)Nc1cccc(Cl)c1Cl. The van der Waals surface area contributed by atoms with Gasteiger partial charge in [0.25, 0.3) is 0 Å². The first-order valence-electron chi connectivity index (χ1n) is 3.77. The Bertz CT molecular complexity index is 366. The van der Waals surface area contributed by atoms with Gasteiger partial charge in [-0.3, -0.25) is 0 Å². The topological polar surface area (TPSA) is 41.1 Å². The summed E-state index contributed by atoms with van der Waals surface area (Å²) in [5, 5.41) is 5.57. The van der Waals surface area contributed by atoms with Crippen molar-refractivity contribution in [1.82, 2.24) is 5.32 Å². The highest BCUT2D eigenvalue weighted by atomic mass is 35.5. The summed E-state index contributed by atoms with van der Waals surface area (Å²) in [7, 11) is 0. The zero-order valence-electron chi connectivity index (χ0n) is 7.18. The van der Waals surface area contributed by atoms with Crippen LogP contribution in [0.2, 0.25) is 10.0 Å². The van der Waals surface area contributed by atoms with E-state index >= 15 is 0 Å². The molecular weight excluding hydrogens is 223 g/mol. The van der Waals surface area contributed by atoms with E-state index in [2.05, 4.69) is 17.2 Å². The summed E-state index contributed by atoms with van der Waals surface area (Å²) >= 11 is 11.6. The lowest BCUT2D eigenvalue weighted by molar-refractivity contribution is 0.255. The molecule has 5 heteroatoms. The molecule has 2 amide bonds. The number of carbonyl (C=O) groups is 1. The Morgan fingerprint density at radius 1 is 1.43 bits per heavy atom. The second-order valence-corrected chi connectivity index (χ2v) is 3.19. The van der Waals surface area contributed by atoms with Crippen LogP contribution in [0.15, 0.2) is 31.0 Å². The van der Waals surface area contributed by atoms with Gasteiger partial charge in [0.05, 0.1) is 15.7 Å². The van der Waals surface area contributed by atoms with E-state index in [0.717, 1.165) is 0 Å². The van der Waals surface area contributed by atoms with Crippen molar-refractivity contribution < 1.29 is 4.79 Å². The Morgan fingerprint density at radius 3 is 2.79 bits per heavy atom. The van der Waals surface area contributed by atoms with Crippen molar-refractivity contribution in [2.45, 2.75) is 0 Å². The standard InChI is InChI=1S/C9H8Cl2N2O/c1-2-12-9(14)13-7-5-3-4-6(10)8(7)11/h2-5H,1H2,(H2,12,13,14). The van der Waals surface area contributed by atoms with E-state index in [1.165, 1.54) is 6.20 Å². The maximum absolute atomic E-state index is 11.1. The lowest BCUT2D eigenvalue weighted by atomic mass is 10.3. The van der Waals surface area contributed by atoms with Crippen LogP contribution in [0.5, 0.6) is 0 Å². The largest absolute Gasteiger partial charge is 0.323 e. The molecule has 0 aliphatic heterocycles. The van der Waals surface area contributed by atoms with Crippen LogP contribution in [0.4, 0.5) is 10.5 Å². The number of hydrogen-bond donors (Lipinski definition) is 2. The van der Waals surface area contributed by atoms with Crippen LogP contribution >= 0.6 is 23.2 Å². The number of anilines is 1. The average Bonchev–Trinajstić information content (AvgIpc) is 2.13. The summed E-state index contributed by atoms with van der Waals surface area (Å²) in [6.07, 6.45) is 1.27. The molecule has 0 aliphatic carbocycles. The van der Waals surface area contributed by atoms with Crippen LogP contribution < -0.4 is 10.6 Å². The van der Waals surface area contributed by atoms with Crippen LogP contribution in [-0.4, -0.2) is 6.03 Å². The van der Waals surface area contributed by atoms with Crippen molar-refractivity contribution in [2.75, 3.05) is 5.32 Å². The van der Waals surface area contributed by atoms with Crippen molar-refractivity contribution in [1.29, 1.82) is 0 Å². The van der Waals surface area contributed by atoms with Gasteiger partial charge in [-0.15, -0.1) is 0 Å². The number of nitrogens with one attached hydrogen (secondary N) is 2. The third-order valence-corrected chi connectivity index (χ3v) is 2.25. The van der Waals surface area contributed by atoms with Gasteiger partial charge in [-0.2, -0.15) is 0 Å². The molecule has 1 aromatic rings. The zero-order valence-corrected chi connectivity index (χ0v) is 8.69. The first-order valence-corrected chi connectivity index (χ1v) is 4.53. The molecule has 2 N–H and O–H groups in total. The minimum Gasteiger partial charge on any atom is -0.315 e. The molecule has 0 bridgehead atoms. The smallest absolute Gasteiger partial charge is 0.315 e. The predicted molar refractivity (Wildman–Crippen MR) is 58.8 cm³/mol. The van der Waals surface area contributed by atoms with Crippen LogP contribution in [0.1, 0.15) is 0 Å². The molecule has 14 heavy (non-hydrogen) atoms. The number of halogens is 2. The highest BCUT2D eigenvalue weighted by Gasteiger charge is 2.06. The normalized spacial score (nSPS) is 9.29. The number of urea groups is 1. The lowest BCUT2D eigenvalue weighted by Crippen LogP contribution is -2.23. The van der Waals surface area contributed by atoms with Gasteiger partial charge >= 0.3 is 6.03 Å². The van der Waals surface area contributed by atoms with Crippen molar-refractivity contribution in [3.63, 3.8) is 0 Å². The summed E-state index contributed by atoms with van der Waals surface area (Å²) in [6, 6.07) is 4.57. The molecule has 0 atom stereocenters. The molecule has 1 aromatic carbocycles. The summed E-state index contributed by atoms with van der Waals surface area (Å²) < 4.78 is 0. The van der Waals surface area contributed by atoms with Crippen LogP contribution in [0, 0.1) is 0 Å². The molecular formula is C9H8Cl2N2O. The molecule has 74 valence electrons. The second kappa shape index (κ2) is 4.88. The zero-order chi connectivity index (χ0) is 10.6. The van der Waals surface area contributed by atoms with Gasteiger partial charge in [-0.25, -0.2) is 4.79 Å². The van der Waals surface area contributed by atoms with Crippen LogP contribution in [0.25, 0.3) is 0 Å². The summed E-state index contributed by atoms with van der Waals surface area (Å²) in [5.74, 6) is 0. The molecule has 1 rings (SSSR count). The number of amides is 2. The molecule has 0 radical (unpaired) electrons. The number of hydrogen-bond acceptors (Lipinski definition) is 1. The van der Waals surface area contributed by atoms with E-state index in [1.807, 2.05) is 0 Å². The minimum absolute atomic E-state index is 0.313. The molecule has 0 spiro atoms.